The number of rotatable bonds is 15. The fourth-order valence-corrected chi connectivity index (χ4v) is 5.28. The molecule has 0 spiro atoms. The number of sulfonamides is 1. The van der Waals surface area contributed by atoms with E-state index < -0.39 is 28.5 Å². The van der Waals surface area contributed by atoms with Crippen LogP contribution in [0.2, 0.25) is 0 Å². The molecule has 0 bridgehead atoms. The molecule has 0 heterocycles. The number of methoxy groups -OCH3 is 2. The first kappa shape index (κ1) is 31.5. The highest BCUT2D eigenvalue weighted by Gasteiger charge is 2.33. The van der Waals surface area contributed by atoms with Crippen molar-refractivity contribution in [3.05, 3.63) is 90.0 Å². The van der Waals surface area contributed by atoms with Gasteiger partial charge in [-0.15, -0.1) is 0 Å². The molecule has 10 heteroatoms. The summed E-state index contributed by atoms with van der Waals surface area (Å²) < 4.78 is 37.6. The lowest BCUT2D eigenvalue weighted by molar-refractivity contribution is -0.140. The molecule has 0 fully saturated rings. The molecule has 1 N–H and O–H groups in total. The summed E-state index contributed by atoms with van der Waals surface area (Å²) in [4.78, 5) is 29.2. The molecule has 0 aliphatic rings. The smallest absolute Gasteiger partial charge is 0.244 e. The first-order valence-corrected chi connectivity index (χ1v) is 15.4. The van der Waals surface area contributed by atoms with Crippen molar-refractivity contribution in [3.8, 4) is 11.5 Å². The van der Waals surface area contributed by atoms with Crippen molar-refractivity contribution in [1.82, 2.24) is 10.2 Å². The number of ether oxygens (including phenoxy) is 2. The standard InChI is InChI=1S/C31H39N3O6S/c1-5-6-19-32-31(36)27(20-24-13-9-7-10-14-24)33(22-25-15-11-8-12-16-25)30(35)23-34(41(4,37)38)26-17-18-28(39-2)29(21-26)40-3/h7-18,21,27H,5-6,19-20,22-23H2,1-4H3,(H,32,36). The van der Waals surface area contributed by atoms with Gasteiger partial charge >= 0.3 is 0 Å². The fraction of sp³-hybridized carbons (Fsp3) is 0.355. The molecule has 0 aromatic heterocycles. The second-order valence-electron chi connectivity index (χ2n) is 9.67. The predicted molar refractivity (Wildman–Crippen MR) is 161 cm³/mol. The maximum atomic E-state index is 14.1. The molecule has 2 amide bonds. The zero-order valence-corrected chi connectivity index (χ0v) is 24.9. The van der Waals surface area contributed by atoms with Crippen molar-refractivity contribution in [1.29, 1.82) is 0 Å². The van der Waals surface area contributed by atoms with E-state index in [4.69, 9.17) is 9.47 Å². The van der Waals surface area contributed by atoms with E-state index in [0.717, 1.165) is 34.5 Å². The fourth-order valence-electron chi connectivity index (χ4n) is 4.43. The second kappa shape index (κ2) is 15.1. The predicted octanol–water partition coefficient (Wildman–Crippen LogP) is 4.03. The highest BCUT2D eigenvalue weighted by Crippen LogP contribution is 2.32. The van der Waals surface area contributed by atoms with Crippen molar-refractivity contribution < 1.29 is 27.5 Å². The van der Waals surface area contributed by atoms with Crippen LogP contribution < -0.4 is 19.1 Å². The van der Waals surface area contributed by atoms with E-state index in [0.29, 0.717) is 18.0 Å². The lowest BCUT2D eigenvalue weighted by atomic mass is 10.0. The summed E-state index contributed by atoms with van der Waals surface area (Å²) in [5, 5.41) is 2.97. The number of anilines is 1. The lowest BCUT2D eigenvalue weighted by Crippen LogP contribution is -2.53. The quantitative estimate of drug-likeness (QED) is 0.272. The Morgan fingerprint density at radius 3 is 2.05 bits per heavy atom. The van der Waals surface area contributed by atoms with Crippen LogP contribution in [0, 0.1) is 0 Å². The number of nitrogens with zero attached hydrogens (tertiary/aromatic N) is 2. The van der Waals surface area contributed by atoms with E-state index in [-0.39, 0.29) is 24.6 Å². The number of hydrogen-bond donors (Lipinski definition) is 1. The van der Waals surface area contributed by atoms with E-state index in [1.54, 1.807) is 12.1 Å². The van der Waals surface area contributed by atoms with Gasteiger partial charge in [0.15, 0.2) is 11.5 Å². The molecule has 220 valence electrons. The van der Waals surface area contributed by atoms with Crippen molar-refractivity contribution in [3.63, 3.8) is 0 Å². The number of benzene rings is 3. The minimum absolute atomic E-state index is 0.127. The SMILES string of the molecule is CCCCNC(=O)C(Cc1ccccc1)N(Cc1ccccc1)C(=O)CN(c1ccc(OC)c(OC)c1)S(C)(=O)=O. The summed E-state index contributed by atoms with van der Waals surface area (Å²) in [6.45, 7) is 2.14. The Kier molecular flexibility index (Phi) is 11.6. The molecular formula is C31H39N3O6S. The zero-order chi connectivity index (χ0) is 29.8. The van der Waals surface area contributed by atoms with Gasteiger partial charge in [-0.2, -0.15) is 0 Å². The van der Waals surface area contributed by atoms with Crippen LogP contribution in [0.25, 0.3) is 0 Å². The van der Waals surface area contributed by atoms with Gasteiger partial charge in [-0.25, -0.2) is 8.42 Å². The van der Waals surface area contributed by atoms with E-state index in [1.165, 1.54) is 25.2 Å². The highest BCUT2D eigenvalue weighted by molar-refractivity contribution is 7.92. The van der Waals surface area contributed by atoms with Crippen molar-refractivity contribution >= 4 is 27.5 Å². The third kappa shape index (κ3) is 8.97. The van der Waals surface area contributed by atoms with Crippen LogP contribution in [0.4, 0.5) is 5.69 Å². The number of hydrogen-bond acceptors (Lipinski definition) is 6. The van der Waals surface area contributed by atoms with Crippen LogP contribution in [0.5, 0.6) is 11.5 Å². The number of unbranched alkanes of at least 4 members (excludes halogenated alkanes) is 1. The minimum Gasteiger partial charge on any atom is -0.493 e. The van der Waals surface area contributed by atoms with E-state index in [9.17, 15) is 18.0 Å². The molecular weight excluding hydrogens is 542 g/mol. The molecule has 3 aromatic rings. The van der Waals surface area contributed by atoms with E-state index >= 15 is 0 Å². The Labute approximate surface area is 243 Å². The molecule has 1 unspecified atom stereocenters. The average Bonchev–Trinajstić information content (AvgIpc) is 2.97. The molecule has 0 aliphatic carbocycles. The Bertz CT molecular complexity index is 1380. The summed E-state index contributed by atoms with van der Waals surface area (Å²) >= 11 is 0. The van der Waals surface area contributed by atoms with Gasteiger partial charge < -0.3 is 19.7 Å². The maximum absolute atomic E-state index is 14.1. The van der Waals surface area contributed by atoms with E-state index in [2.05, 4.69) is 5.32 Å². The number of amides is 2. The number of nitrogens with one attached hydrogen (secondary N) is 1. The second-order valence-corrected chi connectivity index (χ2v) is 11.6. The third-order valence-electron chi connectivity index (χ3n) is 6.63. The summed E-state index contributed by atoms with van der Waals surface area (Å²) in [5.41, 5.74) is 1.94. The van der Waals surface area contributed by atoms with Gasteiger partial charge in [0.05, 0.1) is 26.2 Å². The molecule has 3 aromatic carbocycles. The zero-order valence-electron chi connectivity index (χ0n) is 24.1. The normalized spacial score (nSPS) is 11.8. The Hall–Kier alpha value is -4.05. The molecule has 0 radical (unpaired) electrons. The van der Waals surface area contributed by atoms with Crippen LogP contribution in [-0.2, 0) is 32.6 Å². The maximum Gasteiger partial charge on any atom is 0.244 e. The van der Waals surface area contributed by atoms with Crippen molar-refractivity contribution in [2.75, 3.05) is 37.9 Å². The van der Waals surface area contributed by atoms with Gasteiger partial charge in [0.2, 0.25) is 21.8 Å². The van der Waals surface area contributed by atoms with Gasteiger partial charge in [-0.1, -0.05) is 74.0 Å². The number of carbonyl (C=O) groups excluding carboxylic acids is 2. The molecule has 3 rings (SSSR count). The lowest BCUT2D eigenvalue weighted by Gasteiger charge is -2.33. The largest absolute Gasteiger partial charge is 0.493 e. The summed E-state index contributed by atoms with van der Waals surface area (Å²) in [5.74, 6) is -0.0536. The first-order chi connectivity index (χ1) is 19.7. The molecule has 0 saturated heterocycles. The molecule has 0 aliphatic heterocycles. The Morgan fingerprint density at radius 1 is 0.878 bits per heavy atom. The van der Waals surface area contributed by atoms with Gasteiger partial charge in [0.1, 0.15) is 12.6 Å². The summed E-state index contributed by atoms with van der Waals surface area (Å²) in [6.07, 6.45) is 3.02. The van der Waals surface area contributed by atoms with Gasteiger partial charge in [0.25, 0.3) is 0 Å². The van der Waals surface area contributed by atoms with E-state index in [1.807, 2.05) is 67.6 Å². The van der Waals surface area contributed by atoms with Gasteiger partial charge in [-0.3, -0.25) is 13.9 Å². The minimum atomic E-state index is -3.90. The van der Waals surface area contributed by atoms with Crippen LogP contribution in [0.3, 0.4) is 0 Å². The summed E-state index contributed by atoms with van der Waals surface area (Å²) in [7, 11) is -0.967. The Balaban J connectivity index is 2.03. The van der Waals surface area contributed by atoms with Crippen LogP contribution in [-0.4, -0.2) is 64.7 Å². The molecule has 41 heavy (non-hydrogen) atoms. The van der Waals surface area contributed by atoms with Crippen LogP contribution in [0.15, 0.2) is 78.9 Å². The molecule has 1 atom stereocenters. The van der Waals surface area contributed by atoms with Crippen molar-refractivity contribution in [2.45, 2.75) is 38.8 Å². The van der Waals surface area contributed by atoms with Crippen molar-refractivity contribution in [2.24, 2.45) is 0 Å². The van der Waals surface area contributed by atoms with Gasteiger partial charge in [-0.05, 0) is 29.7 Å². The average molecular weight is 582 g/mol. The number of carbonyl (C=O) groups is 2. The van der Waals surface area contributed by atoms with Crippen LogP contribution >= 0.6 is 0 Å². The summed E-state index contributed by atoms with van der Waals surface area (Å²) in [6, 6.07) is 22.6. The molecule has 9 nitrogen and oxygen atoms in total. The van der Waals surface area contributed by atoms with Gasteiger partial charge in [0, 0.05) is 25.6 Å². The molecule has 0 saturated carbocycles. The first-order valence-electron chi connectivity index (χ1n) is 13.5. The third-order valence-corrected chi connectivity index (χ3v) is 7.77. The highest BCUT2D eigenvalue weighted by atomic mass is 32.2. The topological polar surface area (TPSA) is 105 Å². The monoisotopic (exact) mass is 581 g/mol. The Morgan fingerprint density at radius 2 is 1.49 bits per heavy atom. The van der Waals surface area contributed by atoms with Crippen LogP contribution in [0.1, 0.15) is 30.9 Å².